The molecule has 0 saturated carbocycles. The van der Waals surface area contributed by atoms with E-state index in [0.717, 1.165) is 22.1 Å². The quantitative estimate of drug-likeness (QED) is 0.329. The lowest BCUT2D eigenvalue weighted by molar-refractivity contribution is 0.856. The van der Waals surface area contributed by atoms with Crippen molar-refractivity contribution in [3.8, 4) is 0 Å². The van der Waals surface area contributed by atoms with Crippen LogP contribution in [0.25, 0.3) is 4.91 Å². The Morgan fingerprint density at radius 1 is 1.24 bits per heavy atom. The van der Waals surface area contributed by atoms with Gasteiger partial charge in [-0.25, -0.2) is 0 Å². The monoisotopic (exact) mass is 386 g/mol. The number of thioether (sulfide) groups is 1. The van der Waals surface area contributed by atoms with Gasteiger partial charge in [-0.05, 0) is 42.6 Å². The van der Waals surface area contributed by atoms with Crippen LogP contribution < -0.4 is 0 Å². The van der Waals surface area contributed by atoms with Gasteiger partial charge in [0.2, 0.25) is 0 Å². The molecule has 0 aliphatic heterocycles. The lowest BCUT2D eigenvalue weighted by atomic mass is 10.2. The number of aliphatic imine (C=N–C) groups is 2. The molecule has 0 aliphatic carbocycles. The zero-order chi connectivity index (χ0) is 18.1. The van der Waals surface area contributed by atoms with Gasteiger partial charge in [0.15, 0.2) is 0 Å². The van der Waals surface area contributed by atoms with Gasteiger partial charge >= 0.3 is 0 Å². The third kappa shape index (κ3) is 5.66. The van der Waals surface area contributed by atoms with Crippen LogP contribution in [0.1, 0.15) is 23.1 Å². The molecule has 0 N–H and O–H groups in total. The Balaban J connectivity index is 2.36. The summed E-state index contributed by atoms with van der Waals surface area (Å²) < 4.78 is 0. The lowest BCUT2D eigenvalue weighted by Gasteiger charge is -2.14. The van der Waals surface area contributed by atoms with Gasteiger partial charge in [0.1, 0.15) is 0 Å². The molecule has 2 aromatic heterocycles. The summed E-state index contributed by atoms with van der Waals surface area (Å²) in [5, 5.41) is 4.19. The second kappa shape index (κ2) is 10.3. The van der Waals surface area contributed by atoms with Gasteiger partial charge in [-0.15, -0.1) is 41.0 Å². The maximum Gasteiger partial charge on any atom is 0.0906 e. The standard InChI is InChI=1S/C20H22N2S3/c1-5-9-16(6-2)22-15(3)19(21-4)20(18-11-8-13-24-18)25-14-17-10-7-12-23-17/h5-8,10-13,15H,1-2,4,9,14H2,3H3/b20-19+,22-16?. The molecule has 2 heterocycles. The van der Waals surface area contributed by atoms with Gasteiger partial charge in [-0.3, -0.25) is 9.98 Å². The fraction of sp³-hybridized carbons (Fsp3) is 0.200. The molecule has 1 atom stereocenters. The van der Waals surface area contributed by atoms with E-state index < -0.39 is 0 Å². The topological polar surface area (TPSA) is 24.7 Å². The van der Waals surface area contributed by atoms with Gasteiger partial charge in [-0.2, -0.15) is 0 Å². The summed E-state index contributed by atoms with van der Waals surface area (Å²) in [5.41, 5.74) is 1.82. The summed E-state index contributed by atoms with van der Waals surface area (Å²) >= 11 is 5.29. The number of thiophene rings is 2. The first-order chi connectivity index (χ1) is 12.2. The van der Waals surface area contributed by atoms with E-state index in [1.165, 1.54) is 9.75 Å². The summed E-state index contributed by atoms with van der Waals surface area (Å²) in [7, 11) is 0. The third-order valence-corrected chi connectivity index (χ3v) is 6.68. The normalized spacial score (nSPS) is 13.9. The third-order valence-electron chi connectivity index (χ3n) is 3.43. The molecule has 0 aromatic carbocycles. The first-order valence-corrected chi connectivity index (χ1v) is 10.6. The van der Waals surface area contributed by atoms with Crippen LogP contribution in [0.4, 0.5) is 0 Å². The second-order valence-corrected chi connectivity index (χ2v) is 8.18. The molecule has 0 radical (unpaired) electrons. The molecule has 0 saturated heterocycles. The van der Waals surface area contributed by atoms with Crippen LogP contribution >= 0.6 is 34.4 Å². The Hall–Kier alpha value is -1.69. The smallest absolute Gasteiger partial charge is 0.0906 e. The molecule has 25 heavy (non-hydrogen) atoms. The highest BCUT2D eigenvalue weighted by Gasteiger charge is 2.16. The van der Waals surface area contributed by atoms with E-state index in [9.17, 15) is 0 Å². The number of rotatable bonds is 10. The van der Waals surface area contributed by atoms with Gasteiger partial charge in [0.05, 0.1) is 11.7 Å². The summed E-state index contributed by atoms with van der Waals surface area (Å²) in [5.74, 6) is 0.918. The molecule has 2 rings (SSSR count). The largest absolute Gasteiger partial charge is 0.280 e. The second-order valence-electron chi connectivity index (χ2n) is 5.21. The van der Waals surface area contributed by atoms with Gasteiger partial charge in [0, 0.05) is 32.5 Å². The Morgan fingerprint density at radius 3 is 2.56 bits per heavy atom. The molecular weight excluding hydrogens is 364 g/mol. The van der Waals surface area contributed by atoms with Crippen molar-refractivity contribution in [3.05, 3.63) is 75.8 Å². The van der Waals surface area contributed by atoms with E-state index in [1.54, 1.807) is 40.5 Å². The van der Waals surface area contributed by atoms with E-state index in [1.807, 2.05) is 6.08 Å². The molecule has 0 fully saturated rings. The predicted molar refractivity (Wildman–Crippen MR) is 118 cm³/mol. The zero-order valence-corrected chi connectivity index (χ0v) is 16.8. The minimum absolute atomic E-state index is 0.0848. The van der Waals surface area contributed by atoms with Crippen molar-refractivity contribution >= 4 is 51.8 Å². The Labute approximate surface area is 162 Å². The van der Waals surface area contributed by atoms with E-state index >= 15 is 0 Å². The molecule has 0 spiro atoms. The van der Waals surface area contributed by atoms with E-state index in [4.69, 9.17) is 4.99 Å². The summed E-state index contributed by atoms with van der Waals surface area (Å²) in [4.78, 5) is 12.8. The number of hydrogen-bond donors (Lipinski definition) is 0. The molecule has 1 unspecified atom stereocenters. The van der Waals surface area contributed by atoms with Gasteiger partial charge in [-0.1, -0.05) is 24.8 Å². The van der Waals surface area contributed by atoms with Crippen LogP contribution in [-0.2, 0) is 5.75 Å². The molecule has 2 nitrogen and oxygen atoms in total. The average Bonchev–Trinajstić information content (AvgIpc) is 3.31. The van der Waals surface area contributed by atoms with Gasteiger partial charge < -0.3 is 0 Å². The van der Waals surface area contributed by atoms with Crippen LogP contribution in [0, 0.1) is 0 Å². The lowest BCUT2D eigenvalue weighted by Crippen LogP contribution is -2.07. The van der Waals surface area contributed by atoms with Crippen LogP contribution in [-0.4, -0.2) is 18.5 Å². The summed E-state index contributed by atoms with van der Waals surface area (Å²) in [6.45, 7) is 13.5. The molecular formula is C20H22N2S3. The predicted octanol–water partition coefficient (Wildman–Crippen LogP) is 6.70. The van der Waals surface area contributed by atoms with Crippen molar-refractivity contribution in [3.63, 3.8) is 0 Å². The molecule has 0 amide bonds. The molecule has 0 aliphatic rings. The van der Waals surface area contributed by atoms with E-state index in [-0.39, 0.29) is 6.04 Å². The SMILES string of the molecule is C=CCC(C=C)=NC(C)/C(N=C)=C(\SCc1cccs1)c1cccs1. The first kappa shape index (κ1) is 19.6. The highest BCUT2D eigenvalue weighted by molar-refractivity contribution is 8.07. The van der Waals surface area contributed by atoms with Crippen LogP contribution in [0.3, 0.4) is 0 Å². The zero-order valence-electron chi connectivity index (χ0n) is 14.4. The first-order valence-electron chi connectivity index (χ1n) is 7.89. The molecule has 2 aromatic rings. The maximum atomic E-state index is 4.76. The highest BCUT2D eigenvalue weighted by atomic mass is 32.2. The van der Waals surface area contributed by atoms with Crippen molar-refractivity contribution in [1.82, 2.24) is 0 Å². The average molecular weight is 387 g/mol. The minimum Gasteiger partial charge on any atom is -0.280 e. The van der Waals surface area contributed by atoms with Crippen LogP contribution in [0.15, 0.2) is 76.0 Å². The van der Waals surface area contributed by atoms with E-state index in [0.29, 0.717) is 6.42 Å². The fourth-order valence-electron chi connectivity index (χ4n) is 2.26. The Kier molecular flexibility index (Phi) is 8.12. The number of allylic oxidation sites excluding steroid dienone is 2. The summed E-state index contributed by atoms with van der Waals surface area (Å²) in [6.07, 6.45) is 4.32. The van der Waals surface area contributed by atoms with Crippen molar-refractivity contribution in [2.75, 3.05) is 0 Å². The number of hydrogen-bond acceptors (Lipinski definition) is 5. The summed E-state index contributed by atoms with van der Waals surface area (Å²) in [6, 6.07) is 8.35. The maximum absolute atomic E-state index is 4.76. The molecule has 130 valence electrons. The Bertz CT molecular complexity index is 753. The minimum atomic E-state index is -0.0848. The number of nitrogens with zero attached hydrogens (tertiary/aromatic N) is 2. The van der Waals surface area contributed by atoms with Crippen molar-refractivity contribution < 1.29 is 0 Å². The Morgan fingerprint density at radius 2 is 2.00 bits per heavy atom. The fourth-order valence-corrected chi connectivity index (χ4v) is 5.16. The van der Waals surface area contributed by atoms with Gasteiger partial charge in [0.25, 0.3) is 0 Å². The van der Waals surface area contributed by atoms with Crippen LogP contribution in [0.5, 0.6) is 0 Å². The van der Waals surface area contributed by atoms with Crippen LogP contribution in [0.2, 0.25) is 0 Å². The molecule has 5 heteroatoms. The van der Waals surface area contributed by atoms with Crippen molar-refractivity contribution in [2.24, 2.45) is 9.98 Å². The van der Waals surface area contributed by atoms with Crippen molar-refractivity contribution in [2.45, 2.75) is 25.1 Å². The molecule has 0 bridgehead atoms. The van der Waals surface area contributed by atoms with E-state index in [2.05, 4.69) is 66.8 Å². The highest BCUT2D eigenvalue weighted by Crippen LogP contribution is 2.38. The van der Waals surface area contributed by atoms with Crippen molar-refractivity contribution in [1.29, 1.82) is 0 Å².